The van der Waals surface area contributed by atoms with Gasteiger partial charge in [-0.1, -0.05) is 29.5 Å². The van der Waals surface area contributed by atoms with Crippen molar-refractivity contribution >= 4 is 40.4 Å². The summed E-state index contributed by atoms with van der Waals surface area (Å²) in [6.07, 6.45) is 4.37. The van der Waals surface area contributed by atoms with Crippen molar-refractivity contribution in [2.24, 2.45) is 0 Å². The molecule has 1 atom stereocenters. The van der Waals surface area contributed by atoms with Crippen LogP contribution in [0.1, 0.15) is 25.6 Å². The topological polar surface area (TPSA) is 83.0 Å². The summed E-state index contributed by atoms with van der Waals surface area (Å²) < 4.78 is 0. The molecule has 1 amide bonds. The Labute approximate surface area is 177 Å². The quantitative estimate of drug-likeness (QED) is 0.666. The number of aromatic nitrogens is 3. The van der Waals surface area contributed by atoms with E-state index in [1.807, 2.05) is 6.07 Å². The SMILES string of the molecule is O=C(Nc1cnccc1N1CCNCC1)c1nnc(C2Cc3ccccc3S2)s1. The summed E-state index contributed by atoms with van der Waals surface area (Å²) in [7, 11) is 0. The van der Waals surface area contributed by atoms with Crippen LogP contribution in [-0.4, -0.2) is 47.3 Å². The molecule has 1 aromatic carbocycles. The van der Waals surface area contributed by atoms with Crippen molar-refractivity contribution in [3.05, 3.63) is 58.3 Å². The first-order valence-electron chi connectivity index (χ1n) is 9.57. The highest BCUT2D eigenvalue weighted by atomic mass is 32.2. The molecule has 2 N–H and O–H groups in total. The molecule has 148 valence electrons. The second-order valence-electron chi connectivity index (χ2n) is 6.95. The summed E-state index contributed by atoms with van der Waals surface area (Å²) in [6, 6.07) is 10.3. The van der Waals surface area contributed by atoms with Crippen LogP contribution in [0.2, 0.25) is 0 Å². The van der Waals surface area contributed by atoms with Gasteiger partial charge >= 0.3 is 0 Å². The van der Waals surface area contributed by atoms with E-state index in [2.05, 4.69) is 55.0 Å². The lowest BCUT2D eigenvalue weighted by molar-refractivity contribution is 0.102. The van der Waals surface area contributed by atoms with Crippen LogP contribution in [0.15, 0.2) is 47.6 Å². The van der Waals surface area contributed by atoms with Crippen LogP contribution in [0, 0.1) is 0 Å². The Kier molecular flexibility index (Phi) is 5.17. The number of nitrogens with zero attached hydrogens (tertiary/aromatic N) is 4. The summed E-state index contributed by atoms with van der Waals surface area (Å²) in [5, 5.41) is 16.3. The molecule has 2 aliphatic heterocycles. The fraction of sp³-hybridized carbons (Fsp3) is 0.300. The molecule has 1 unspecified atom stereocenters. The van der Waals surface area contributed by atoms with Crippen LogP contribution in [-0.2, 0) is 6.42 Å². The molecule has 0 radical (unpaired) electrons. The second-order valence-corrected chi connectivity index (χ2v) is 9.20. The highest BCUT2D eigenvalue weighted by molar-refractivity contribution is 8.00. The number of carbonyl (C=O) groups is 1. The molecule has 2 aliphatic rings. The molecule has 29 heavy (non-hydrogen) atoms. The normalized spacial score (nSPS) is 18.5. The third-order valence-electron chi connectivity index (χ3n) is 5.06. The largest absolute Gasteiger partial charge is 0.367 e. The van der Waals surface area contributed by atoms with E-state index in [0.29, 0.717) is 10.7 Å². The highest BCUT2D eigenvalue weighted by Gasteiger charge is 2.27. The molecule has 0 bridgehead atoms. The van der Waals surface area contributed by atoms with E-state index in [1.165, 1.54) is 21.8 Å². The summed E-state index contributed by atoms with van der Waals surface area (Å²) >= 11 is 3.16. The molecule has 0 spiro atoms. The van der Waals surface area contributed by atoms with Crippen molar-refractivity contribution in [3.8, 4) is 0 Å². The number of fused-ring (bicyclic) bond motifs is 1. The van der Waals surface area contributed by atoms with Crippen LogP contribution in [0.3, 0.4) is 0 Å². The number of carbonyl (C=O) groups excluding carboxylic acids is 1. The number of anilines is 2. The molecule has 1 saturated heterocycles. The van der Waals surface area contributed by atoms with Gasteiger partial charge in [0.05, 0.1) is 22.8 Å². The van der Waals surface area contributed by atoms with Gasteiger partial charge in [0.2, 0.25) is 5.01 Å². The minimum absolute atomic E-state index is 0.223. The minimum Gasteiger partial charge on any atom is -0.367 e. The van der Waals surface area contributed by atoms with Crippen molar-refractivity contribution < 1.29 is 4.79 Å². The second kappa shape index (κ2) is 8.10. The van der Waals surface area contributed by atoms with E-state index in [-0.39, 0.29) is 11.2 Å². The number of hydrogen-bond acceptors (Lipinski definition) is 8. The van der Waals surface area contributed by atoms with Gasteiger partial charge in [-0.05, 0) is 24.1 Å². The number of rotatable bonds is 4. The predicted octanol–water partition coefficient (Wildman–Crippen LogP) is 2.98. The van der Waals surface area contributed by atoms with Gasteiger partial charge in [0.25, 0.3) is 5.91 Å². The maximum atomic E-state index is 12.8. The number of nitrogens with one attached hydrogen (secondary N) is 2. The first-order valence-corrected chi connectivity index (χ1v) is 11.3. The van der Waals surface area contributed by atoms with Crippen molar-refractivity contribution in [2.45, 2.75) is 16.6 Å². The van der Waals surface area contributed by atoms with Crippen LogP contribution in [0.25, 0.3) is 0 Å². The van der Waals surface area contributed by atoms with E-state index >= 15 is 0 Å². The van der Waals surface area contributed by atoms with Crippen molar-refractivity contribution in [2.75, 3.05) is 36.4 Å². The Hall–Kier alpha value is -2.49. The molecule has 0 aliphatic carbocycles. The lowest BCUT2D eigenvalue weighted by Gasteiger charge is -2.30. The summed E-state index contributed by atoms with van der Waals surface area (Å²) in [4.78, 5) is 20.6. The van der Waals surface area contributed by atoms with Gasteiger partial charge in [-0.3, -0.25) is 9.78 Å². The van der Waals surface area contributed by atoms with E-state index < -0.39 is 0 Å². The molecule has 7 nitrogen and oxygen atoms in total. The fourth-order valence-corrected chi connectivity index (χ4v) is 5.80. The Bertz CT molecular complexity index is 1010. The number of piperazine rings is 1. The Morgan fingerprint density at radius 2 is 2.03 bits per heavy atom. The van der Waals surface area contributed by atoms with Crippen LogP contribution >= 0.6 is 23.1 Å². The summed E-state index contributed by atoms with van der Waals surface area (Å²) in [6.45, 7) is 3.65. The van der Waals surface area contributed by atoms with Crippen LogP contribution < -0.4 is 15.5 Å². The summed E-state index contributed by atoms with van der Waals surface area (Å²) in [5.41, 5.74) is 3.03. The van der Waals surface area contributed by atoms with Gasteiger partial charge in [-0.15, -0.1) is 22.0 Å². The molecule has 3 aromatic rings. The van der Waals surface area contributed by atoms with Gasteiger partial charge in [0.1, 0.15) is 5.01 Å². The average molecular weight is 425 g/mol. The van der Waals surface area contributed by atoms with E-state index in [1.54, 1.807) is 24.2 Å². The molecule has 9 heteroatoms. The summed E-state index contributed by atoms with van der Waals surface area (Å²) in [5.74, 6) is -0.237. The minimum atomic E-state index is -0.237. The van der Waals surface area contributed by atoms with Gasteiger partial charge in [0.15, 0.2) is 0 Å². The molecule has 5 rings (SSSR count). The van der Waals surface area contributed by atoms with Crippen LogP contribution in [0.5, 0.6) is 0 Å². The third-order valence-corrected chi connectivity index (χ3v) is 7.57. The smallest absolute Gasteiger partial charge is 0.286 e. The number of benzene rings is 1. The number of amides is 1. The zero-order valence-electron chi connectivity index (χ0n) is 15.7. The molecule has 4 heterocycles. The zero-order chi connectivity index (χ0) is 19.6. The Morgan fingerprint density at radius 1 is 1.17 bits per heavy atom. The van der Waals surface area contributed by atoms with E-state index in [0.717, 1.165) is 43.3 Å². The lowest BCUT2D eigenvalue weighted by atomic mass is 10.1. The first kappa shape index (κ1) is 18.5. The monoisotopic (exact) mass is 424 g/mol. The zero-order valence-corrected chi connectivity index (χ0v) is 17.3. The average Bonchev–Trinajstić information content (AvgIpc) is 3.42. The number of hydrogen-bond donors (Lipinski definition) is 2. The van der Waals surface area contributed by atoms with Gasteiger partial charge < -0.3 is 15.5 Å². The standard InChI is InChI=1S/C20H20N6OS2/c27-18(23-14-12-22-6-5-15(14)26-9-7-21-8-10-26)20-25-24-19(29-20)17-11-13-3-1-2-4-16(13)28-17/h1-6,12,17,21H,7-11H2,(H,23,27). The molecule has 0 saturated carbocycles. The molecular weight excluding hydrogens is 404 g/mol. The number of thioether (sulfide) groups is 1. The van der Waals surface area contributed by atoms with Gasteiger partial charge in [-0.2, -0.15) is 0 Å². The van der Waals surface area contributed by atoms with Crippen LogP contribution in [0.4, 0.5) is 11.4 Å². The predicted molar refractivity (Wildman–Crippen MR) is 116 cm³/mol. The lowest BCUT2D eigenvalue weighted by Crippen LogP contribution is -2.43. The highest BCUT2D eigenvalue weighted by Crippen LogP contribution is 2.46. The van der Waals surface area contributed by atoms with Crippen molar-refractivity contribution in [1.82, 2.24) is 20.5 Å². The Balaban J connectivity index is 1.30. The van der Waals surface area contributed by atoms with Crippen molar-refractivity contribution in [3.63, 3.8) is 0 Å². The van der Waals surface area contributed by atoms with Crippen molar-refractivity contribution in [1.29, 1.82) is 0 Å². The van der Waals surface area contributed by atoms with Gasteiger partial charge in [-0.25, -0.2) is 0 Å². The van der Waals surface area contributed by atoms with E-state index in [9.17, 15) is 4.79 Å². The molecule has 2 aromatic heterocycles. The third kappa shape index (κ3) is 3.85. The Morgan fingerprint density at radius 3 is 2.90 bits per heavy atom. The first-order chi connectivity index (χ1) is 14.3. The molecular formula is C20H20N6OS2. The molecule has 1 fully saturated rings. The maximum Gasteiger partial charge on any atom is 0.286 e. The fourth-order valence-electron chi connectivity index (χ4n) is 3.62. The van der Waals surface area contributed by atoms with E-state index in [4.69, 9.17) is 0 Å². The maximum absolute atomic E-state index is 12.8. The van der Waals surface area contributed by atoms with Gasteiger partial charge in [0, 0.05) is 37.3 Å². The number of pyridine rings is 1.